The first-order valence-electron chi connectivity index (χ1n) is 11.9. The summed E-state index contributed by atoms with van der Waals surface area (Å²) < 4.78 is 10.9. The van der Waals surface area contributed by atoms with Gasteiger partial charge in [0.1, 0.15) is 5.75 Å². The Kier molecular flexibility index (Phi) is 9.29. The van der Waals surface area contributed by atoms with Gasteiger partial charge < -0.3 is 35.1 Å². The Balaban J connectivity index is 0.00000176. The van der Waals surface area contributed by atoms with E-state index in [4.69, 9.17) is 15.2 Å². The highest BCUT2D eigenvalue weighted by Crippen LogP contribution is 2.35. The van der Waals surface area contributed by atoms with Gasteiger partial charge in [0.25, 0.3) is 0 Å². The summed E-state index contributed by atoms with van der Waals surface area (Å²) in [5, 5.41) is 28.9. The molecule has 0 unspecified atom stereocenters. The number of nitrogens with two attached hydrogens (primary N) is 1. The maximum Gasteiger partial charge on any atom is 0.492 e. The number of fused-ring (bicyclic) bond motifs is 1. The van der Waals surface area contributed by atoms with E-state index < -0.39 is 7.12 Å². The Bertz CT molecular complexity index is 1230. The minimum atomic E-state index is -1.70. The van der Waals surface area contributed by atoms with Crippen molar-refractivity contribution in [2.45, 2.75) is 13.8 Å². The fourth-order valence-electron chi connectivity index (χ4n) is 4.09. The third-order valence-electron chi connectivity index (χ3n) is 5.90. The van der Waals surface area contributed by atoms with Gasteiger partial charge in [-0.2, -0.15) is 10.2 Å². The van der Waals surface area contributed by atoms with E-state index >= 15 is 0 Å². The number of anilines is 2. The number of nitrogen functional groups attached to an aromatic ring is 1. The molecule has 10 heteroatoms. The van der Waals surface area contributed by atoms with Gasteiger partial charge in [-0.15, -0.1) is 0 Å². The Morgan fingerprint density at radius 2 is 1.94 bits per heavy atom. The van der Waals surface area contributed by atoms with Gasteiger partial charge in [-0.25, -0.2) is 0 Å². The lowest BCUT2D eigenvalue weighted by molar-refractivity contribution is 0.0553. The molecular weight excluding hydrogens is 457 g/mol. The molecule has 1 saturated heterocycles. The van der Waals surface area contributed by atoms with E-state index in [2.05, 4.69) is 21.7 Å². The highest BCUT2D eigenvalue weighted by molar-refractivity contribution is 6.60. The molecule has 4 N–H and O–H groups in total. The number of nitrogens with zero attached hydrogens (tertiary/aromatic N) is 4. The van der Waals surface area contributed by atoms with E-state index in [0.717, 1.165) is 41.0 Å². The number of aromatic nitrogens is 2. The van der Waals surface area contributed by atoms with Crippen molar-refractivity contribution in [3.8, 4) is 16.9 Å². The fourth-order valence-corrected chi connectivity index (χ4v) is 4.09. The zero-order valence-electron chi connectivity index (χ0n) is 21.3. The van der Waals surface area contributed by atoms with E-state index in [9.17, 15) is 10.0 Å². The summed E-state index contributed by atoms with van der Waals surface area (Å²) in [5.74, 6) is 0.366. The first kappa shape index (κ1) is 27.0. The number of rotatable bonds is 7. The fraction of sp³-hybridized carbons (Fsp3) is 0.308. The van der Waals surface area contributed by atoms with Gasteiger partial charge in [-0.05, 0) is 29.8 Å². The molecule has 3 aromatic rings. The average molecular weight is 491 g/mol. The Morgan fingerprint density at radius 1 is 1.22 bits per heavy atom. The van der Waals surface area contributed by atoms with Gasteiger partial charge in [0.15, 0.2) is 0 Å². The second kappa shape index (κ2) is 12.4. The van der Waals surface area contributed by atoms with Crippen molar-refractivity contribution in [2.24, 2.45) is 0 Å². The zero-order valence-corrected chi connectivity index (χ0v) is 21.3. The predicted molar refractivity (Wildman–Crippen MR) is 146 cm³/mol. The Hall–Kier alpha value is -3.60. The molecule has 0 radical (unpaired) electrons. The van der Waals surface area contributed by atoms with Crippen LogP contribution < -0.4 is 20.8 Å². The molecule has 1 aromatic heterocycles. The number of hydrogen-bond donors (Lipinski definition) is 3. The standard InChI is InChI=1S/C24H28BN5O4.C2H6/c1-4-17(30-7-9-34-10-8-30)15-29(2)23-13-24(33-3)20(25(31)32)12-19(23)16-5-6-18-21(26)14-27-28-22(18)11-16;1-2/h4-6,11-15,31-32H,1,7-10H2,2-3H3,(H2,26,28);1-2H3/b17-15+;. The molecule has 36 heavy (non-hydrogen) atoms. The molecule has 1 fully saturated rings. The maximum absolute atomic E-state index is 9.98. The van der Waals surface area contributed by atoms with Crippen molar-refractivity contribution >= 4 is 34.9 Å². The molecule has 0 amide bonds. The van der Waals surface area contributed by atoms with Crippen molar-refractivity contribution in [3.05, 3.63) is 61.1 Å². The predicted octanol–water partition coefficient (Wildman–Crippen LogP) is 2.39. The topological polar surface area (TPSA) is 117 Å². The van der Waals surface area contributed by atoms with E-state index in [1.165, 1.54) is 13.3 Å². The van der Waals surface area contributed by atoms with E-state index in [-0.39, 0.29) is 5.46 Å². The van der Waals surface area contributed by atoms with Crippen molar-refractivity contribution in [1.82, 2.24) is 15.1 Å². The van der Waals surface area contributed by atoms with Crippen LogP contribution in [0.3, 0.4) is 0 Å². The molecule has 1 aliphatic rings. The lowest BCUT2D eigenvalue weighted by atomic mass is 9.77. The monoisotopic (exact) mass is 491 g/mol. The van der Waals surface area contributed by atoms with Gasteiger partial charge in [0.2, 0.25) is 0 Å². The highest BCUT2D eigenvalue weighted by Gasteiger charge is 2.23. The van der Waals surface area contributed by atoms with Crippen LogP contribution in [0.2, 0.25) is 0 Å². The average Bonchev–Trinajstić information content (AvgIpc) is 2.92. The van der Waals surface area contributed by atoms with Gasteiger partial charge in [0.05, 0.1) is 49.1 Å². The van der Waals surface area contributed by atoms with Crippen LogP contribution in [0.15, 0.2) is 61.1 Å². The zero-order chi connectivity index (χ0) is 26.2. The minimum absolute atomic E-state index is 0.259. The molecule has 4 rings (SSSR count). The Morgan fingerprint density at radius 3 is 2.58 bits per heavy atom. The highest BCUT2D eigenvalue weighted by atomic mass is 16.5. The SMILES string of the molecule is C=C/C(=C\N(C)c1cc(OC)c(B(O)O)cc1-c1ccc2c(N)cnnc2c1)N1CCOCC1.CC. The summed E-state index contributed by atoms with van der Waals surface area (Å²) in [6.45, 7) is 10.9. The second-order valence-electron chi connectivity index (χ2n) is 7.99. The molecule has 2 aromatic carbocycles. The molecule has 0 aliphatic carbocycles. The van der Waals surface area contributed by atoms with E-state index in [1.54, 1.807) is 12.1 Å². The smallest absolute Gasteiger partial charge is 0.492 e. The molecule has 2 heterocycles. The molecule has 9 nitrogen and oxygen atoms in total. The number of hydrogen-bond acceptors (Lipinski definition) is 9. The van der Waals surface area contributed by atoms with Crippen LogP contribution in [0.1, 0.15) is 13.8 Å². The van der Waals surface area contributed by atoms with E-state index in [1.807, 2.05) is 56.3 Å². The molecule has 0 spiro atoms. The third kappa shape index (κ3) is 5.79. The first-order chi connectivity index (χ1) is 17.4. The van der Waals surface area contributed by atoms with Crippen molar-refractivity contribution in [2.75, 3.05) is 51.1 Å². The third-order valence-corrected chi connectivity index (χ3v) is 5.90. The maximum atomic E-state index is 9.98. The summed E-state index contributed by atoms with van der Waals surface area (Å²) in [6, 6.07) is 9.19. The quantitative estimate of drug-likeness (QED) is 0.338. The number of morpholine rings is 1. The van der Waals surface area contributed by atoms with Gasteiger partial charge in [-0.3, -0.25) is 0 Å². The summed E-state index contributed by atoms with van der Waals surface area (Å²) in [4.78, 5) is 4.18. The normalized spacial score (nSPS) is 13.6. The second-order valence-corrected chi connectivity index (χ2v) is 7.99. The molecule has 0 atom stereocenters. The Labute approximate surface area is 212 Å². The van der Waals surface area contributed by atoms with Gasteiger partial charge in [-0.1, -0.05) is 26.5 Å². The molecule has 190 valence electrons. The van der Waals surface area contributed by atoms with Gasteiger partial charge >= 0.3 is 7.12 Å². The van der Waals surface area contributed by atoms with Crippen molar-refractivity contribution in [1.29, 1.82) is 0 Å². The van der Waals surface area contributed by atoms with Crippen molar-refractivity contribution in [3.63, 3.8) is 0 Å². The summed E-state index contributed by atoms with van der Waals surface area (Å²) in [6.07, 6.45) is 5.32. The van der Waals surface area contributed by atoms with Crippen LogP contribution in [-0.4, -0.2) is 72.7 Å². The van der Waals surface area contributed by atoms with Crippen LogP contribution >= 0.6 is 0 Å². The molecule has 1 aliphatic heterocycles. The van der Waals surface area contributed by atoms with Crippen LogP contribution in [-0.2, 0) is 4.74 Å². The number of ether oxygens (including phenoxy) is 2. The lowest BCUT2D eigenvalue weighted by Crippen LogP contribution is -2.36. The van der Waals surface area contributed by atoms with Crippen LogP contribution in [0.4, 0.5) is 11.4 Å². The van der Waals surface area contributed by atoms with Crippen molar-refractivity contribution < 1.29 is 19.5 Å². The van der Waals surface area contributed by atoms with Crippen LogP contribution in [0, 0.1) is 0 Å². The lowest BCUT2D eigenvalue weighted by Gasteiger charge is -2.31. The molecular formula is C26H34BN5O4. The van der Waals surface area contributed by atoms with Crippen LogP contribution in [0.5, 0.6) is 5.75 Å². The summed E-state index contributed by atoms with van der Waals surface area (Å²) in [5.41, 5.74) is 10.8. The first-order valence-corrected chi connectivity index (χ1v) is 11.9. The largest absolute Gasteiger partial charge is 0.497 e. The minimum Gasteiger partial charge on any atom is -0.497 e. The number of benzene rings is 2. The summed E-state index contributed by atoms with van der Waals surface area (Å²) in [7, 11) is 1.73. The number of allylic oxidation sites excluding steroid dienone is 1. The number of methoxy groups -OCH3 is 1. The summed E-state index contributed by atoms with van der Waals surface area (Å²) >= 11 is 0. The van der Waals surface area contributed by atoms with Crippen LogP contribution in [0.25, 0.3) is 22.0 Å². The van der Waals surface area contributed by atoms with Gasteiger partial charge in [0, 0.05) is 48.8 Å². The molecule has 0 saturated carbocycles. The van der Waals surface area contributed by atoms with E-state index in [0.29, 0.717) is 30.2 Å². The molecule has 0 bridgehead atoms.